The lowest BCUT2D eigenvalue weighted by molar-refractivity contribution is -0.0187. The maximum Gasteiger partial charge on any atom is 0.429 e. The zero-order valence-corrected chi connectivity index (χ0v) is 35.1. The van der Waals surface area contributed by atoms with Crippen LogP contribution in [0.1, 0.15) is 67.2 Å². The summed E-state index contributed by atoms with van der Waals surface area (Å²) in [5, 5.41) is 0. The number of hydrogen-bond donors (Lipinski definition) is 0. The van der Waals surface area contributed by atoms with Gasteiger partial charge in [-0.3, -0.25) is 13.7 Å². The van der Waals surface area contributed by atoms with Crippen molar-refractivity contribution in [2.45, 2.75) is 85.4 Å². The van der Waals surface area contributed by atoms with Crippen LogP contribution in [0.3, 0.4) is 0 Å². The van der Waals surface area contributed by atoms with Gasteiger partial charge < -0.3 is 41.3 Å². The van der Waals surface area contributed by atoms with Gasteiger partial charge in [-0.2, -0.15) is 0 Å². The molecule has 1 saturated heterocycles. The first-order valence-corrected chi connectivity index (χ1v) is 23.9. The molecule has 0 aromatic carbocycles. The Kier molecular flexibility index (Phi) is 22.6. The Morgan fingerprint density at radius 1 is 0.435 bits per heavy atom. The van der Waals surface area contributed by atoms with Crippen LogP contribution in [0.5, 0.6) is 0 Å². The fourth-order valence-corrected chi connectivity index (χ4v) is 16.7. The van der Waals surface area contributed by atoms with Crippen molar-refractivity contribution in [3.8, 4) is 0 Å². The van der Waals surface area contributed by atoms with Crippen LogP contribution >= 0.6 is 0 Å². The van der Waals surface area contributed by atoms with Crippen LogP contribution in [0.25, 0.3) is 0 Å². The summed E-state index contributed by atoms with van der Waals surface area (Å²) in [6.45, 7) is 21.4. The highest BCUT2D eigenvalue weighted by atomic mass is 28.4. The molecule has 1 aliphatic rings. The summed E-state index contributed by atoms with van der Waals surface area (Å²) < 4.78 is 48.7. The van der Waals surface area contributed by atoms with Crippen LogP contribution in [0.4, 0.5) is 0 Å². The van der Waals surface area contributed by atoms with Gasteiger partial charge in [0.15, 0.2) is 0 Å². The molecule has 1 fully saturated rings. The predicted molar refractivity (Wildman–Crippen MR) is 196 cm³/mol. The van der Waals surface area contributed by atoms with Gasteiger partial charge in [0.2, 0.25) is 0 Å². The second-order valence-corrected chi connectivity index (χ2v) is 22.3. The maximum atomic E-state index is 6.95. The smallest absolute Gasteiger partial charge is 0.383 e. The summed E-state index contributed by atoms with van der Waals surface area (Å²) >= 11 is 0. The molecule has 0 amide bonds. The lowest BCUT2D eigenvalue weighted by Gasteiger charge is -2.55. The molecule has 1 aliphatic heterocycles. The average Bonchev–Trinajstić information content (AvgIpc) is 2.99. The third-order valence-electron chi connectivity index (χ3n) is 8.14. The van der Waals surface area contributed by atoms with E-state index in [9.17, 15) is 0 Å². The monoisotopic (exact) mass is 710 g/mol. The van der Waals surface area contributed by atoms with E-state index >= 15 is 0 Å². The Labute approximate surface area is 287 Å². The topological polar surface area (TPSA) is 74.8 Å². The summed E-state index contributed by atoms with van der Waals surface area (Å²) in [6, 6.07) is 2.65. The molecule has 0 aliphatic carbocycles. The highest BCUT2D eigenvalue weighted by Crippen LogP contribution is 2.34. The fourth-order valence-electron chi connectivity index (χ4n) is 6.22. The standard InChI is InChI=1S/C31H74N6O6Si3/c1-13-25-43-46(42-18-6,28-21-24-34(11)12)37-30-35(44(38-14-2,39-15-3)26-19-22-32(7)8)29-36(31-37)45(40-16-4,41-17-5)27-20-23-33(9)10/h13-31H2,1-12H3. The Balaban J connectivity index is 3.86. The van der Waals surface area contributed by atoms with E-state index < -0.39 is 26.2 Å². The minimum atomic E-state index is -2.88. The van der Waals surface area contributed by atoms with Crippen molar-refractivity contribution < 1.29 is 26.6 Å². The van der Waals surface area contributed by atoms with E-state index in [0.29, 0.717) is 59.6 Å². The molecule has 12 nitrogen and oxygen atoms in total. The number of nitrogens with zero attached hydrogens (tertiary/aromatic N) is 6. The van der Waals surface area contributed by atoms with Crippen LogP contribution in [0, 0.1) is 0 Å². The molecule has 0 bridgehead atoms. The first-order chi connectivity index (χ1) is 21.9. The molecule has 46 heavy (non-hydrogen) atoms. The zero-order chi connectivity index (χ0) is 34.6. The molecule has 1 atom stereocenters. The van der Waals surface area contributed by atoms with Crippen LogP contribution in [-0.2, 0) is 26.6 Å². The van der Waals surface area contributed by atoms with Crippen molar-refractivity contribution >= 4 is 26.2 Å². The Morgan fingerprint density at radius 2 is 0.696 bits per heavy atom. The van der Waals surface area contributed by atoms with Gasteiger partial charge in [0, 0.05) is 77.8 Å². The van der Waals surface area contributed by atoms with Crippen molar-refractivity contribution in [3.05, 3.63) is 0 Å². The molecule has 0 N–H and O–H groups in total. The second kappa shape index (κ2) is 23.6. The lowest BCUT2D eigenvalue weighted by atomic mass is 10.5. The third-order valence-corrected chi connectivity index (χ3v) is 19.2. The van der Waals surface area contributed by atoms with Gasteiger partial charge >= 0.3 is 26.2 Å². The van der Waals surface area contributed by atoms with Gasteiger partial charge in [0.1, 0.15) is 0 Å². The van der Waals surface area contributed by atoms with Gasteiger partial charge in [0.05, 0.1) is 0 Å². The molecule has 1 unspecified atom stereocenters. The van der Waals surface area contributed by atoms with Gasteiger partial charge in [0.25, 0.3) is 0 Å². The average molecular weight is 711 g/mol. The molecule has 15 heteroatoms. The maximum absolute atomic E-state index is 6.95. The van der Waals surface area contributed by atoms with Crippen molar-refractivity contribution in [3.63, 3.8) is 0 Å². The van der Waals surface area contributed by atoms with E-state index in [4.69, 9.17) is 26.6 Å². The van der Waals surface area contributed by atoms with Crippen molar-refractivity contribution in [2.24, 2.45) is 0 Å². The lowest BCUT2D eigenvalue weighted by Crippen LogP contribution is -2.77. The normalized spacial score (nSPS) is 17.5. The van der Waals surface area contributed by atoms with E-state index in [1.807, 2.05) is 0 Å². The molecule has 1 heterocycles. The van der Waals surface area contributed by atoms with Crippen molar-refractivity contribution in [2.75, 3.05) is 122 Å². The SMILES string of the molecule is CCCO[Si](CCCN(C)C)(OCC)N1CN([Si](CCCN(C)C)(OCC)OCC)CN([Si](CCCN(C)C)(OCC)OCC)C1. The van der Waals surface area contributed by atoms with E-state index in [0.717, 1.165) is 63.4 Å². The van der Waals surface area contributed by atoms with Crippen molar-refractivity contribution in [1.82, 2.24) is 28.4 Å². The molecule has 1 rings (SSSR count). The van der Waals surface area contributed by atoms with E-state index in [1.165, 1.54) is 0 Å². The molecule has 0 spiro atoms. The second-order valence-electron chi connectivity index (χ2n) is 12.9. The summed E-state index contributed by atoms with van der Waals surface area (Å²) in [4.78, 5) is 6.74. The minimum Gasteiger partial charge on any atom is -0.383 e. The highest BCUT2D eigenvalue weighted by molar-refractivity contribution is 6.67. The molecular weight excluding hydrogens is 637 g/mol. The molecule has 0 aromatic rings. The Hall–Kier alpha value is 0.171. The fraction of sp³-hybridized carbons (Fsp3) is 1.00. The predicted octanol–water partition coefficient (Wildman–Crippen LogP) is 4.06. The molecular formula is C31H74N6O6Si3. The molecule has 0 radical (unpaired) electrons. The van der Waals surface area contributed by atoms with Crippen LogP contribution in [-0.4, -0.2) is 176 Å². The van der Waals surface area contributed by atoms with Gasteiger partial charge in [-0.1, -0.05) is 6.92 Å². The highest BCUT2D eigenvalue weighted by Gasteiger charge is 2.57. The zero-order valence-electron chi connectivity index (χ0n) is 32.1. The Bertz CT molecular complexity index is 724. The molecule has 276 valence electrons. The van der Waals surface area contributed by atoms with E-state index in [-0.39, 0.29) is 0 Å². The largest absolute Gasteiger partial charge is 0.429 e. The Morgan fingerprint density at radius 3 is 0.913 bits per heavy atom. The number of rotatable bonds is 28. The quantitative estimate of drug-likeness (QED) is 0.110. The van der Waals surface area contributed by atoms with E-state index in [1.54, 1.807) is 0 Å². The van der Waals surface area contributed by atoms with Gasteiger partial charge in [-0.15, -0.1) is 0 Å². The summed E-state index contributed by atoms with van der Waals surface area (Å²) in [7, 11) is 4.17. The third kappa shape index (κ3) is 14.2. The number of hydrogen-bond acceptors (Lipinski definition) is 12. The van der Waals surface area contributed by atoms with Gasteiger partial charge in [-0.05, 0) is 122 Å². The van der Waals surface area contributed by atoms with Crippen LogP contribution in [0.2, 0.25) is 18.1 Å². The first kappa shape index (κ1) is 44.2. The molecule has 0 saturated carbocycles. The van der Waals surface area contributed by atoms with Crippen LogP contribution in [0.15, 0.2) is 0 Å². The minimum absolute atomic E-state index is 0.607. The van der Waals surface area contributed by atoms with E-state index in [2.05, 4.69) is 112 Å². The summed E-state index contributed by atoms with van der Waals surface area (Å²) in [5.41, 5.74) is 0. The molecule has 0 aromatic heterocycles. The summed E-state index contributed by atoms with van der Waals surface area (Å²) in [5.74, 6) is 0. The summed E-state index contributed by atoms with van der Waals surface area (Å²) in [6.07, 6.45) is 3.95. The van der Waals surface area contributed by atoms with Gasteiger partial charge in [-0.25, -0.2) is 0 Å². The van der Waals surface area contributed by atoms with Crippen LogP contribution < -0.4 is 0 Å². The van der Waals surface area contributed by atoms with Crippen molar-refractivity contribution in [1.29, 1.82) is 0 Å². The first-order valence-electron chi connectivity index (χ1n) is 18.0.